The van der Waals surface area contributed by atoms with Crippen molar-refractivity contribution in [3.8, 4) is 5.75 Å². The minimum Gasteiger partial charge on any atom is -0.508 e. The van der Waals surface area contributed by atoms with Crippen molar-refractivity contribution in [1.82, 2.24) is 14.7 Å². The van der Waals surface area contributed by atoms with Crippen LogP contribution in [0.5, 0.6) is 5.75 Å². The van der Waals surface area contributed by atoms with E-state index in [2.05, 4.69) is 4.90 Å². The van der Waals surface area contributed by atoms with Crippen LogP contribution in [-0.2, 0) is 6.42 Å². The van der Waals surface area contributed by atoms with E-state index in [9.17, 15) is 14.3 Å². The van der Waals surface area contributed by atoms with Crippen LogP contribution < -0.4 is 0 Å². The molecule has 2 aliphatic rings. The van der Waals surface area contributed by atoms with Gasteiger partial charge in [0.1, 0.15) is 11.6 Å². The Bertz CT molecular complexity index is 871. The number of fused-ring (bicyclic) bond motifs is 1. The van der Waals surface area contributed by atoms with Gasteiger partial charge in [-0.25, -0.2) is 9.18 Å². The van der Waals surface area contributed by atoms with E-state index in [1.165, 1.54) is 11.6 Å². The molecule has 2 saturated heterocycles. The maximum Gasteiger partial charge on any atom is 0.320 e. The first-order valence-electron chi connectivity index (χ1n) is 10.2. The second kappa shape index (κ2) is 8.03. The summed E-state index contributed by atoms with van der Waals surface area (Å²) >= 11 is 0. The fraction of sp³-hybridized carbons (Fsp3) is 0.435. The summed E-state index contributed by atoms with van der Waals surface area (Å²) in [5.74, 6) is 0.728. The van der Waals surface area contributed by atoms with Gasteiger partial charge in [-0.15, -0.1) is 0 Å². The molecule has 2 amide bonds. The van der Waals surface area contributed by atoms with Crippen LogP contribution in [-0.4, -0.2) is 66.1 Å². The predicted molar refractivity (Wildman–Crippen MR) is 110 cm³/mol. The number of hydrogen-bond donors (Lipinski definition) is 1. The van der Waals surface area contributed by atoms with Gasteiger partial charge in [0.05, 0.1) is 6.04 Å². The van der Waals surface area contributed by atoms with Crippen molar-refractivity contribution in [1.29, 1.82) is 0 Å². The number of likely N-dealkylation sites (tertiary alicyclic amines) is 2. The molecule has 2 aromatic rings. The second-order valence-electron chi connectivity index (χ2n) is 8.43. The van der Waals surface area contributed by atoms with E-state index in [1.54, 1.807) is 43.3 Å². The molecule has 2 fully saturated rings. The average molecular weight is 397 g/mol. The van der Waals surface area contributed by atoms with Crippen LogP contribution in [0.3, 0.4) is 0 Å². The summed E-state index contributed by atoms with van der Waals surface area (Å²) in [6, 6.07) is 13.9. The number of amides is 2. The molecule has 0 aliphatic carbocycles. The summed E-state index contributed by atoms with van der Waals surface area (Å²) < 4.78 is 13.9. The second-order valence-corrected chi connectivity index (χ2v) is 8.43. The number of phenolic OH excluding ortho intramolecular Hbond substituents is 1. The standard InChI is InChI=1S/C23H28FN3O2/c1-25(2)23(29)27-14-18-13-26(11-10-16-6-8-20(28)9-7-16)15-21(18)22(27)17-4-3-5-19(24)12-17/h3-9,12,18,21-22,28H,10-11,13-15H2,1-2H3/t18-,21-,22-/m1/s1. The summed E-state index contributed by atoms with van der Waals surface area (Å²) in [6.45, 7) is 3.50. The fourth-order valence-electron chi connectivity index (χ4n) is 4.84. The summed E-state index contributed by atoms with van der Waals surface area (Å²) in [7, 11) is 3.53. The van der Waals surface area contributed by atoms with E-state index < -0.39 is 0 Å². The van der Waals surface area contributed by atoms with Crippen molar-refractivity contribution in [2.45, 2.75) is 12.5 Å². The van der Waals surface area contributed by atoms with Crippen molar-refractivity contribution in [2.24, 2.45) is 11.8 Å². The van der Waals surface area contributed by atoms with E-state index in [-0.39, 0.29) is 23.6 Å². The number of halogens is 1. The number of nitrogens with zero attached hydrogens (tertiary/aromatic N) is 3. The Morgan fingerprint density at radius 2 is 1.90 bits per heavy atom. The van der Waals surface area contributed by atoms with Gasteiger partial charge in [0.15, 0.2) is 0 Å². The first-order chi connectivity index (χ1) is 13.9. The van der Waals surface area contributed by atoms with E-state index in [4.69, 9.17) is 0 Å². The van der Waals surface area contributed by atoms with Crippen LogP contribution in [0, 0.1) is 17.7 Å². The van der Waals surface area contributed by atoms with E-state index >= 15 is 0 Å². The maximum atomic E-state index is 13.9. The molecule has 6 heteroatoms. The molecule has 4 rings (SSSR count). The zero-order chi connectivity index (χ0) is 20.5. The van der Waals surface area contributed by atoms with Gasteiger partial charge < -0.3 is 19.8 Å². The van der Waals surface area contributed by atoms with Gasteiger partial charge in [-0.05, 0) is 47.7 Å². The number of aromatic hydroxyl groups is 1. The molecule has 0 bridgehead atoms. The normalized spacial score (nSPS) is 24.0. The third-order valence-electron chi connectivity index (χ3n) is 6.21. The molecule has 0 saturated carbocycles. The molecule has 2 aromatic carbocycles. The molecule has 0 unspecified atom stereocenters. The lowest BCUT2D eigenvalue weighted by atomic mass is 9.89. The number of carbonyl (C=O) groups excluding carboxylic acids is 1. The Morgan fingerprint density at radius 3 is 2.59 bits per heavy atom. The summed E-state index contributed by atoms with van der Waals surface area (Å²) in [5.41, 5.74) is 2.08. The monoisotopic (exact) mass is 397 g/mol. The van der Waals surface area contributed by atoms with E-state index in [0.717, 1.165) is 31.6 Å². The number of urea groups is 1. The third-order valence-corrected chi connectivity index (χ3v) is 6.21. The fourth-order valence-corrected chi connectivity index (χ4v) is 4.84. The molecule has 0 radical (unpaired) electrons. The lowest BCUT2D eigenvalue weighted by Gasteiger charge is -2.32. The molecule has 5 nitrogen and oxygen atoms in total. The van der Waals surface area contributed by atoms with Crippen LogP contribution >= 0.6 is 0 Å². The van der Waals surface area contributed by atoms with Crippen molar-refractivity contribution >= 4 is 6.03 Å². The Labute approximate surface area is 171 Å². The highest BCUT2D eigenvalue weighted by Crippen LogP contribution is 2.45. The molecule has 2 aliphatic heterocycles. The molecule has 0 spiro atoms. The molecule has 154 valence electrons. The van der Waals surface area contributed by atoms with Gasteiger partial charge >= 0.3 is 6.03 Å². The van der Waals surface area contributed by atoms with Crippen molar-refractivity contribution in [2.75, 3.05) is 40.3 Å². The van der Waals surface area contributed by atoms with Crippen LogP contribution in [0.15, 0.2) is 48.5 Å². The maximum absolute atomic E-state index is 13.9. The average Bonchev–Trinajstić information content (AvgIpc) is 3.24. The highest BCUT2D eigenvalue weighted by Gasteiger charge is 2.49. The SMILES string of the molecule is CN(C)C(=O)N1C[C@H]2CN(CCc3ccc(O)cc3)C[C@H]2[C@H]1c1cccc(F)c1. The van der Waals surface area contributed by atoms with Crippen LogP contribution in [0.25, 0.3) is 0 Å². The van der Waals surface area contributed by atoms with E-state index in [0.29, 0.717) is 18.4 Å². The van der Waals surface area contributed by atoms with Crippen molar-refractivity contribution in [3.05, 3.63) is 65.5 Å². The number of carbonyl (C=O) groups is 1. The molecule has 2 heterocycles. The minimum atomic E-state index is -0.259. The van der Waals surface area contributed by atoms with Gasteiger partial charge in [-0.2, -0.15) is 0 Å². The number of phenols is 1. The van der Waals surface area contributed by atoms with Crippen molar-refractivity contribution < 1.29 is 14.3 Å². The van der Waals surface area contributed by atoms with Crippen molar-refractivity contribution in [3.63, 3.8) is 0 Å². The van der Waals surface area contributed by atoms with Crippen LogP contribution in [0.2, 0.25) is 0 Å². The molecule has 3 atom stereocenters. The van der Waals surface area contributed by atoms with Gasteiger partial charge in [0, 0.05) is 46.2 Å². The van der Waals surface area contributed by atoms with Gasteiger partial charge in [-0.3, -0.25) is 0 Å². The zero-order valence-electron chi connectivity index (χ0n) is 17.0. The van der Waals surface area contributed by atoms with E-state index in [1.807, 2.05) is 23.1 Å². The largest absolute Gasteiger partial charge is 0.508 e. The number of benzene rings is 2. The summed E-state index contributed by atoms with van der Waals surface area (Å²) in [6.07, 6.45) is 0.921. The first-order valence-corrected chi connectivity index (χ1v) is 10.2. The third kappa shape index (κ3) is 4.08. The van der Waals surface area contributed by atoms with Gasteiger partial charge in [-0.1, -0.05) is 24.3 Å². The smallest absolute Gasteiger partial charge is 0.320 e. The van der Waals surface area contributed by atoms with Crippen LogP contribution in [0.1, 0.15) is 17.2 Å². The molecular weight excluding hydrogens is 369 g/mol. The predicted octanol–water partition coefficient (Wildman–Crippen LogP) is 3.36. The quantitative estimate of drug-likeness (QED) is 0.861. The Balaban J connectivity index is 1.49. The molecular formula is C23H28FN3O2. The molecule has 0 aromatic heterocycles. The highest BCUT2D eigenvalue weighted by molar-refractivity contribution is 5.75. The molecule has 1 N–H and O–H groups in total. The first kappa shape index (κ1) is 19.7. The lowest BCUT2D eigenvalue weighted by molar-refractivity contribution is 0.152. The van der Waals surface area contributed by atoms with Gasteiger partial charge in [0.2, 0.25) is 0 Å². The van der Waals surface area contributed by atoms with Gasteiger partial charge in [0.25, 0.3) is 0 Å². The topological polar surface area (TPSA) is 47.0 Å². The number of hydrogen-bond acceptors (Lipinski definition) is 3. The Hall–Kier alpha value is -2.60. The minimum absolute atomic E-state index is 0.00990. The zero-order valence-corrected chi connectivity index (χ0v) is 17.0. The molecule has 29 heavy (non-hydrogen) atoms. The Kier molecular flexibility index (Phi) is 5.46. The summed E-state index contributed by atoms with van der Waals surface area (Å²) in [5, 5.41) is 9.44. The lowest BCUT2D eigenvalue weighted by Crippen LogP contribution is -2.41. The highest BCUT2D eigenvalue weighted by atomic mass is 19.1. The van der Waals surface area contributed by atoms with Crippen LogP contribution in [0.4, 0.5) is 9.18 Å². The summed E-state index contributed by atoms with van der Waals surface area (Å²) in [4.78, 5) is 18.8. The number of rotatable bonds is 4. The Morgan fingerprint density at radius 1 is 1.14 bits per heavy atom.